The Bertz CT molecular complexity index is 671. The van der Waals surface area contributed by atoms with Crippen LogP contribution in [0.3, 0.4) is 0 Å². The number of anilines is 2. The van der Waals surface area contributed by atoms with Crippen LogP contribution in [0.5, 0.6) is 0 Å². The topological polar surface area (TPSA) is 75.3 Å². The zero-order valence-electron chi connectivity index (χ0n) is 11.0. The van der Waals surface area contributed by atoms with Gasteiger partial charge in [0.2, 0.25) is 5.91 Å². The van der Waals surface area contributed by atoms with Gasteiger partial charge in [0, 0.05) is 6.26 Å². The summed E-state index contributed by atoms with van der Waals surface area (Å²) in [6.45, 7) is 0. The quantitative estimate of drug-likeness (QED) is 0.891. The number of nitrogens with one attached hydrogen (secondary N) is 2. The highest BCUT2D eigenvalue weighted by Crippen LogP contribution is 2.35. The van der Waals surface area contributed by atoms with Gasteiger partial charge in [0.15, 0.2) is 0 Å². The molecule has 1 aliphatic rings. The maximum absolute atomic E-state index is 12.6. The van der Waals surface area contributed by atoms with Crippen molar-refractivity contribution < 1.29 is 26.4 Å². The van der Waals surface area contributed by atoms with Crippen molar-refractivity contribution in [1.29, 1.82) is 0 Å². The van der Waals surface area contributed by atoms with Gasteiger partial charge in [-0.3, -0.25) is 4.79 Å². The first kappa shape index (κ1) is 15.6. The number of fused-ring (bicyclic) bond motifs is 1. The lowest BCUT2D eigenvalue weighted by Crippen LogP contribution is -2.40. The van der Waals surface area contributed by atoms with E-state index in [4.69, 9.17) is 0 Å². The third-order valence-corrected chi connectivity index (χ3v) is 4.01. The summed E-state index contributed by atoms with van der Waals surface area (Å²) in [5, 5.41) is 5.12. The van der Waals surface area contributed by atoms with E-state index in [0.717, 1.165) is 18.4 Å². The largest absolute Gasteiger partial charge is 0.416 e. The fourth-order valence-corrected chi connectivity index (χ4v) is 2.62. The third-order valence-electron chi connectivity index (χ3n) is 3.03. The molecule has 2 rings (SSSR count). The van der Waals surface area contributed by atoms with Crippen molar-refractivity contribution in [2.75, 3.05) is 22.6 Å². The number of benzene rings is 1. The molecule has 1 unspecified atom stereocenters. The molecule has 9 heteroatoms. The smallest absolute Gasteiger partial charge is 0.372 e. The molecule has 0 saturated heterocycles. The van der Waals surface area contributed by atoms with E-state index >= 15 is 0 Å². The highest BCUT2D eigenvalue weighted by molar-refractivity contribution is 7.90. The molecule has 1 heterocycles. The summed E-state index contributed by atoms with van der Waals surface area (Å²) < 4.78 is 59.9. The van der Waals surface area contributed by atoms with Crippen LogP contribution in [0.2, 0.25) is 0 Å². The predicted molar refractivity (Wildman–Crippen MR) is 71.8 cm³/mol. The normalized spacial score (nSPS) is 18.7. The van der Waals surface area contributed by atoms with Crippen molar-refractivity contribution in [2.45, 2.75) is 18.6 Å². The van der Waals surface area contributed by atoms with E-state index < -0.39 is 33.5 Å². The lowest BCUT2D eigenvalue weighted by molar-refractivity contribution is -0.137. The maximum Gasteiger partial charge on any atom is 0.416 e. The summed E-state index contributed by atoms with van der Waals surface area (Å²) in [4.78, 5) is 11.8. The number of amides is 1. The van der Waals surface area contributed by atoms with Crippen molar-refractivity contribution in [1.82, 2.24) is 0 Å². The van der Waals surface area contributed by atoms with E-state index in [9.17, 15) is 26.4 Å². The number of rotatable bonds is 3. The van der Waals surface area contributed by atoms with Crippen LogP contribution in [0.25, 0.3) is 0 Å². The number of carbonyl (C=O) groups excluding carboxylic acids is 1. The molecule has 1 aromatic rings. The van der Waals surface area contributed by atoms with E-state index in [2.05, 4.69) is 10.6 Å². The van der Waals surface area contributed by atoms with E-state index in [0.29, 0.717) is 5.69 Å². The lowest BCUT2D eigenvalue weighted by atomic mass is 10.1. The predicted octanol–water partition coefficient (Wildman–Crippen LogP) is 1.87. The average Bonchev–Trinajstić information content (AvgIpc) is 2.33. The molecule has 0 aromatic heterocycles. The van der Waals surface area contributed by atoms with E-state index in [1.807, 2.05) is 0 Å². The molecule has 0 fully saturated rings. The van der Waals surface area contributed by atoms with Crippen LogP contribution in [0, 0.1) is 0 Å². The molecule has 0 radical (unpaired) electrons. The Balaban J connectivity index is 2.19. The molecule has 2 N–H and O–H groups in total. The summed E-state index contributed by atoms with van der Waals surface area (Å²) in [6.07, 6.45) is -3.39. The number of alkyl halides is 3. The second kappa shape index (κ2) is 5.21. The molecule has 1 aliphatic heterocycles. The van der Waals surface area contributed by atoms with Gasteiger partial charge in [0.1, 0.15) is 15.9 Å². The Morgan fingerprint density at radius 1 is 1.24 bits per heavy atom. The Morgan fingerprint density at radius 3 is 2.48 bits per heavy atom. The summed E-state index contributed by atoms with van der Waals surface area (Å²) in [6, 6.07) is 2.17. The van der Waals surface area contributed by atoms with Crippen molar-refractivity contribution in [3.05, 3.63) is 23.8 Å². The SMILES string of the molecule is CS(=O)(=O)CCC1Nc2ccc(C(F)(F)F)cc2NC1=O. The van der Waals surface area contributed by atoms with Crippen LogP contribution >= 0.6 is 0 Å². The van der Waals surface area contributed by atoms with Gasteiger partial charge in [0.05, 0.1) is 22.7 Å². The average molecular weight is 322 g/mol. The van der Waals surface area contributed by atoms with Gasteiger partial charge >= 0.3 is 6.18 Å². The summed E-state index contributed by atoms with van der Waals surface area (Å²) >= 11 is 0. The summed E-state index contributed by atoms with van der Waals surface area (Å²) in [7, 11) is -3.22. The molecule has 5 nitrogen and oxygen atoms in total. The first-order valence-corrected chi connectivity index (χ1v) is 8.09. The molecule has 21 heavy (non-hydrogen) atoms. The minimum absolute atomic E-state index is 0.0328. The zero-order chi connectivity index (χ0) is 15.8. The number of carbonyl (C=O) groups is 1. The molecule has 0 aliphatic carbocycles. The van der Waals surface area contributed by atoms with Gasteiger partial charge in [-0.15, -0.1) is 0 Å². The van der Waals surface area contributed by atoms with Gasteiger partial charge in [0.25, 0.3) is 0 Å². The molecule has 116 valence electrons. The Morgan fingerprint density at radius 2 is 1.90 bits per heavy atom. The van der Waals surface area contributed by atoms with E-state index in [1.165, 1.54) is 6.07 Å². The summed E-state index contributed by atoms with van der Waals surface area (Å²) in [5.41, 5.74) is -0.496. The summed E-state index contributed by atoms with van der Waals surface area (Å²) in [5.74, 6) is -0.737. The van der Waals surface area contributed by atoms with Gasteiger partial charge in [-0.2, -0.15) is 13.2 Å². The van der Waals surface area contributed by atoms with Crippen molar-refractivity contribution in [3.8, 4) is 0 Å². The fraction of sp³-hybridized carbons (Fsp3) is 0.417. The monoisotopic (exact) mass is 322 g/mol. The number of halogens is 3. The molecular formula is C12H13F3N2O3S. The van der Waals surface area contributed by atoms with Gasteiger partial charge in [-0.25, -0.2) is 8.42 Å². The van der Waals surface area contributed by atoms with Gasteiger partial charge < -0.3 is 10.6 Å². The lowest BCUT2D eigenvalue weighted by Gasteiger charge is -2.27. The van der Waals surface area contributed by atoms with Crippen LogP contribution in [0.1, 0.15) is 12.0 Å². The zero-order valence-corrected chi connectivity index (χ0v) is 11.8. The highest BCUT2D eigenvalue weighted by atomic mass is 32.2. The van der Waals surface area contributed by atoms with E-state index in [1.54, 1.807) is 0 Å². The van der Waals surface area contributed by atoms with Gasteiger partial charge in [-0.1, -0.05) is 0 Å². The molecule has 1 aromatic carbocycles. The minimum atomic E-state index is -4.49. The van der Waals surface area contributed by atoms with E-state index in [-0.39, 0.29) is 17.9 Å². The molecule has 0 saturated carbocycles. The molecule has 0 spiro atoms. The Labute approximate surface area is 119 Å². The van der Waals surface area contributed by atoms with Crippen LogP contribution in [0.4, 0.5) is 24.5 Å². The first-order valence-electron chi connectivity index (χ1n) is 6.02. The number of hydrogen-bond donors (Lipinski definition) is 2. The van der Waals surface area contributed by atoms with Crippen molar-refractivity contribution in [3.63, 3.8) is 0 Å². The van der Waals surface area contributed by atoms with Gasteiger partial charge in [-0.05, 0) is 24.6 Å². The first-order chi connectivity index (χ1) is 9.56. The van der Waals surface area contributed by atoms with Crippen LogP contribution in [-0.2, 0) is 20.8 Å². The second-order valence-electron chi connectivity index (χ2n) is 4.86. The molecule has 0 bridgehead atoms. The minimum Gasteiger partial charge on any atom is -0.372 e. The standard InChI is InChI=1S/C12H13F3N2O3S/c1-21(19,20)5-4-9-11(18)17-10-6-7(12(13,14)15)2-3-8(10)16-9/h2-3,6,9,16H,4-5H2,1H3,(H,17,18). The van der Waals surface area contributed by atoms with Crippen LogP contribution in [-0.4, -0.2) is 32.4 Å². The number of hydrogen-bond acceptors (Lipinski definition) is 4. The number of sulfone groups is 1. The third kappa shape index (κ3) is 3.87. The Hall–Kier alpha value is -1.77. The second-order valence-corrected chi connectivity index (χ2v) is 7.12. The maximum atomic E-state index is 12.6. The highest BCUT2D eigenvalue weighted by Gasteiger charge is 2.33. The fourth-order valence-electron chi connectivity index (χ4n) is 1.96. The molecule has 1 atom stereocenters. The van der Waals surface area contributed by atoms with Crippen molar-refractivity contribution >= 4 is 27.1 Å². The van der Waals surface area contributed by atoms with Crippen molar-refractivity contribution in [2.24, 2.45) is 0 Å². The molecular weight excluding hydrogens is 309 g/mol. The van der Waals surface area contributed by atoms with Crippen LogP contribution in [0.15, 0.2) is 18.2 Å². The van der Waals surface area contributed by atoms with Crippen LogP contribution < -0.4 is 10.6 Å². The Kier molecular flexibility index (Phi) is 3.87. The molecule has 1 amide bonds.